The van der Waals surface area contributed by atoms with Gasteiger partial charge in [0.15, 0.2) is 6.54 Å². The number of nitrogens with zero attached hydrogens (tertiary/aromatic N) is 1. The molecule has 0 radical (unpaired) electrons. The Labute approximate surface area is 165 Å². The van der Waals surface area contributed by atoms with Crippen LogP contribution in [0.15, 0.2) is 48.5 Å². The van der Waals surface area contributed by atoms with Gasteiger partial charge >= 0.3 is 0 Å². The van der Waals surface area contributed by atoms with Gasteiger partial charge in [0.25, 0.3) is 5.91 Å². The summed E-state index contributed by atoms with van der Waals surface area (Å²) in [7, 11) is 2.01. The van der Waals surface area contributed by atoms with Gasteiger partial charge in [-0.25, -0.2) is 0 Å². The summed E-state index contributed by atoms with van der Waals surface area (Å²) in [5.41, 5.74) is 3.03. The minimum absolute atomic E-state index is 0.00877. The Morgan fingerprint density at radius 3 is 2.52 bits per heavy atom. The zero-order chi connectivity index (χ0) is 19.2. The Morgan fingerprint density at radius 2 is 1.85 bits per heavy atom. The first kappa shape index (κ1) is 19.7. The third-order valence-corrected chi connectivity index (χ3v) is 5.42. The van der Waals surface area contributed by atoms with Crippen molar-refractivity contribution in [2.75, 3.05) is 50.1 Å². The minimum Gasteiger partial charge on any atom is -0.378 e. The second-order valence-corrected chi connectivity index (χ2v) is 7.37. The number of morpholine rings is 1. The van der Waals surface area contributed by atoms with E-state index in [0.717, 1.165) is 53.2 Å². The van der Waals surface area contributed by atoms with Gasteiger partial charge in [-0.05, 0) is 37.3 Å². The molecule has 27 heavy (non-hydrogen) atoms. The van der Waals surface area contributed by atoms with Crippen molar-refractivity contribution in [3.63, 3.8) is 0 Å². The van der Waals surface area contributed by atoms with E-state index in [1.54, 1.807) is 0 Å². The third-order valence-electron chi connectivity index (χ3n) is 5.08. The Bertz CT molecular complexity index is 760. The maximum atomic E-state index is 12.4. The maximum Gasteiger partial charge on any atom is 0.279 e. The predicted octanol–water partition coefficient (Wildman–Crippen LogP) is 2.39. The number of halogens is 1. The van der Waals surface area contributed by atoms with Crippen molar-refractivity contribution < 1.29 is 14.4 Å². The minimum atomic E-state index is -0.00877. The topological polar surface area (TPSA) is 46.0 Å². The molecule has 0 aromatic heterocycles. The monoisotopic (exact) mass is 388 g/mol. The Kier molecular flexibility index (Phi) is 6.72. The molecule has 1 saturated heterocycles. The number of likely N-dealkylation sites (N-methyl/N-ethyl adjacent to an activating group) is 1. The molecule has 0 aliphatic carbocycles. The number of nitrogens with one attached hydrogen (secondary N) is 2. The summed E-state index contributed by atoms with van der Waals surface area (Å²) in [6.07, 6.45) is 0. The van der Waals surface area contributed by atoms with Crippen LogP contribution in [-0.4, -0.2) is 45.8 Å². The third kappa shape index (κ3) is 5.22. The summed E-state index contributed by atoms with van der Waals surface area (Å²) in [5, 5.41) is 3.73. The summed E-state index contributed by atoms with van der Waals surface area (Å²) in [5.74, 6) is -0.00877. The van der Waals surface area contributed by atoms with E-state index in [4.69, 9.17) is 16.3 Å². The lowest BCUT2D eigenvalue weighted by molar-refractivity contribution is -0.902. The quantitative estimate of drug-likeness (QED) is 0.798. The maximum absolute atomic E-state index is 12.4. The van der Waals surface area contributed by atoms with Crippen LogP contribution in [0.1, 0.15) is 18.5 Å². The molecule has 0 bridgehead atoms. The molecule has 2 N–H and O–H groups in total. The van der Waals surface area contributed by atoms with E-state index < -0.39 is 0 Å². The first-order chi connectivity index (χ1) is 13.0. The highest BCUT2D eigenvalue weighted by Crippen LogP contribution is 2.20. The normalized spacial score (nSPS) is 16.6. The summed E-state index contributed by atoms with van der Waals surface area (Å²) in [6.45, 7) is 5.78. The van der Waals surface area contributed by atoms with Crippen LogP contribution in [0, 0.1) is 0 Å². The van der Waals surface area contributed by atoms with E-state index in [9.17, 15) is 4.79 Å². The van der Waals surface area contributed by atoms with Crippen molar-refractivity contribution in [1.29, 1.82) is 0 Å². The van der Waals surface area contributed by atoms with E-state index in [2.05, 4.69) is 17.1 Å². The van der Waals surface area contributed by atoms with E-state index in [0.29, 0.717) is 6.54 Å². The van der Waals surface area contributed by atoms with Gasteiger partial charge in [-0.2, -0.15) is 0 Å². The van der Waals surface area contributed by atoms with Gasteiger partial charge in [0.2, 0.25) is 0 Å². The van der Waals surface area contributed by atoms with E-state index in [1.165, 1.54) is 0 Å². The van der Waals surface area contributed by atoms with Crippen molar-refractivity contribution in [1.82, 2.24) is 0 Å². The summed E-state index contributed by atoms with van der Waals surface area (Å²) < 4.78 is 5.38. The average molecular weight is 389 g/mol. The first-order valence-corrected chi connectivity index (χ1v) is 9.72. The molecule has 1 heterocycles. The molecule has 144 valence electrons. The van der Waals surface area contributed by atoms with Gasteiger partial charge < -0.3 is 19.9 Å². The Balaban J connectivity index is 1.54. The van der Waals surface area contributed by atoms with Gasteiger partial charge in [-0.15, -0.1) is 0 Å². The smallest absolute Gasteiger partial charge is 0.279 e. The fraction of sp³-hybridized carbons (Fsp3) is 0.381. The van der Waals surface area contributed by atoms with Crippen LogP contribution in [0.2, 0.25) is 5.02 Å². The summed E-state index contributed by atoms with van der Waals surface area (Å²) >= 11 is 6.28. The second kappa shape index (κ2) is 9.22. The molecule has 2 aromatic rings. The van der Waals surface area contributed by atoms with Gasteiger partial charge in [0, 0.05) is 35.1 Å². The number of anilines is 2. The molecule has 1 amide bonds. The summed E-state index contributed by atoms with van der Waals surface area (Å²) in [4.78, 5) is 15.8. The number of hydrogen-bond donors (Lipinski definition) is 2. The van der Waals surface area contributed by atoms with Crippen molar-refractivity contribution in [2.45, 2.75) is 13.0 Å². The van der Waals surface area contributed by atoms with Crippen LogP contribution in [0.25, 0.3) is 0 Å². The molecular formula is C21H27ClN3O2+. The Morgan fingerprint density at radius 1 is 1.19 bits per heavy atom. The van der Waals surface area contributed by atoms with Crippen LogP contribution in [0.3, 0.4) is 0 Å². The number of ether oxygens (including phenoxy) is 1. The number of hydrogen-bond acceptors (Lipinski definition) is 3. The van der Waals surface area contributed by atoms with Gasteiger partial charge in [0.05, 0.1) is 20.3 Å². The molecule has 2 aromatic carbocycles. The molecule has 1 fully saturated rings. The molecular weight excluding hydrogens is 362 g/mol. The Hall–Kier alpha value is -2.08. The van der Waals surface area contributed by atoms with Crippen LogP contribution in [0.4, 0.5) is 11.4 Å². The fourth-order valence-corrected chi connectivity index (χ4v) is 3.58. The van der Waals surface area contributed by atoms with Crippen LogP contribution in [-0.2, 0) is 9.53 Å². The number of benzene rings is 2. The van der Waals surface area contributed by atoms with Gasteiger partial charge in [-0.3, -0.25) is 4.79 Å². The average Bonchev–Trinajstić information content (AvgIpc) is 2.69. The zero-order valence-electron chi connectivity index (χ0n) is 15.9. The van der Waals surface area contributed by atoms with Gasteiger partial charge in [0.1, 0.15) is 6.04 Å². The highest BCUT2D eigenvalue weighted by atomic mass is 35.5. The molecule has 6 heteroatoms. The van der Waals surface area contributed by atoms with E-state index >= 15 is 0 Å². The molecule has 1 unspecified atom stereocenters. The second-order valence-electron chi connectivity index (χ2n) is 6.96. The van der Waals surface area contributed by atoms with Gasteiger partial charge in [-0.1, -0.05) is 29.8 Å². The van der Waals surface area contributed by atoms with E-state index in [1.807, 2.05) is 55.6 Å². The number of quaternary nitrogens is 1. The van der Waals surface area contributed by atoms with Crippen LogP contribution in [0.5, 0.6) is 0 Å². The molecule has 5 nitrogen and oxygen atoms in total. The lowest BCUT2D eigenvalue weighted by Gasteiger charge is -2.29. The van der Waals surface area contributed by atoms with Crippen molar-refractivity contribution in [3.05, 3.63) is 59.1 Å². The number of carbonyl (C=O) groups excluding carboxylic acids is 1. The highest BCUT2D eigenvalue weighted by molar-refractivity contribution is 6.31. The number of carbonyl (C=O) groups is 1. The molecule has 1 aliphatic heterocycles. The van der Waals surface area contributed by atoms with Crippen molar-refractivity contribution >= 4 is 28.9 Å². The van der Waals surface area contributed by atoms with Crippen molar-refractivity contribution in [2.24, 2.45) is 0 Å². The number of amides is 1. The molecule has 3 rings (SSSR count). The number of rotatable bonds is 6. The largest absolute Gasteiger partial charge is 0.378 e. The molecule has 2 atom stereocenters. The zero-order valence-corrected chi connectivity index (χ0v) is 16.6. The first-order valence-electron chi connectivity index (χ1n) is 9.34. The van der Waals surface area contributed by atoms with Crippen LogP contribution < -0.4 is 15.1 Å². The lowest BCUT2D eigenvalue weighted by atomic mass is 10.1. The predicted molar refractivity (Wildman–Crippen MR) is 110 cm³/mol. The van der Waals surface area contributed by atoms with Crippen molar-refractivity contribution in [3.8, 4) is 0 Å². The van der Waals surface area contributed by atoms with Crippen LogP contribution >= 0.6 is 11.6 Å². The molecule has 0 saturated carbocycles. The highest BCUT2D eigenvalue weighted by Gasteiger charge is 2.20. The fourth-order valence-electron chi connectivity index (χ4n) is 3.28. The van der Waals surface area contributed by atoms with E-state index in [-0.39, 0.29) is 11.9 Å². The molecule has 1 aliphatic rings. The summed E-state index contributed by atoms with van der Waals surface area (Å²) in [6, 6.07) is 15.9. The molecule has 0 spiro atoms. The SMILES string of the molecule is C[C@H](c1ccccc1Cl)[NH+](C)CC(=O)Nc1ccc(N2CCOCC2)cc1. The standard InChI is InChI=1S/C21H26ClN3O2/c1-16(19-5-3-4-6-20(19)22)24(2)15-21(26)23-17-7-9-18(10-8-17)25-11-13-27-14-12-25/h3-10,16H,11-15H2,1-2H3,(H,23,26)/p+1/t16-/m1/s1. The lowest BCUT2D eigenvalue weighted by Crippen LogP contribution is -3.10.